The van der Waals surface area contributed by atoms with Gasteiger partial charge in [0.05, 0.1) is 27.8 Å². The van der Waals surface area contributed by atoms with Crippen molar-refractivity contribution in [2.24, 2.45) is 0 Å². The molecule has 0 aliphatic carbocycles. The van der Waals surface area contributed by atoms with E-state index in [9.17, 15) is 0 Å². The van der Waals surface area contributed by atoms with Gasteiger partial charge in [-0.2, -0.15) is 0 Å². The molecule has 20 rings (SSSR count). The first-order valence-electron chi connectivity index (χ1n) is 33.3. The summed E-state index contributed by atoms with van der Waals surface area (Å²) in [4.78, 5) is 2.55. The summed E-state index contributed by atoms with van der Waals surface area (Å²) in [5, 5.41) is 4.85. The highest BCUT2D eigenvalue weighted by Gasteiger charge is 2.45. The van der Waals surface area contributed by atoms with Gasteiger partial charge >= 0.3 is 0 Å². The number of anilines is 3. The van der Waals surface area contributed by atoms with E-state index < -0.39 is 0 Å². The summed E-state index contributed by atoms with van der Waals surface area (Å²) in [6.07, 6.45) is 0. The highest BCUT2D eigenvalue weighted by molar-refractivity contribution is 6.99. The smallest absolute Gasteiger partial charge is 0.260 e. The van der Waals surface area contributed by atoms with E-state index in [1.54, 1.807) is 0 Å². The molecule has 6 nitrogen and oxygen atoms in total. The van der Waals surface area contributed by atoms with Crippen LogP contribution in [0.4, 0.5) is 17.1 Å². The third-order valence-electron chi connectivity index (χ3n) is 20.6. The number of nitrogens with zero attached hydrogens (tertiary/aromatic N) is 3. The quantitative estimate of drug-likeness (QED) is 0.149. The Balaban J connectivity index is 0.851. The van der Waals surface area contributed by atoms with Crippen LogP contribution in [0.15, 0.2) is 303 Å². The summed E-state index contributed by atoms with van der Waals surface area (Å²) in [6.45, 7) is 6.53. The van der Waals surface area contributed by atoms with E-state index in [1.807, 2.05) is 0 Å². The molecule has 2 aromatic heterocycles. The van der Waals surface area contributed by atoms with Gasteiger partial charge in [-0.1, -0.05) is 227 Å². The van der Waals surface area contributed by atoms with Gasteiger partial charge in [0.15, 0.2) is 0 Å². The van der Waals surface area contributed by atoms with E-state index in [-0.39, 0.29) is 18.8 Å². The van der Waals surface area contributed by atoms with Gasteiger partial charge in [0.25, 0.3) is 13.4 Å². The first-order valence-corrected chi connectivity index (χ1v) is 33.3. The molecule has 0 saturated carbocycles. The van der Waals surface area contributed by atoms with E-state index in [0.717, 1.165) is 157 Å². The SMILES string of the molecule is CC(C)(C)c1ccc(N2c3cc(-n4c5ccccc5c5ccccc54)ccc3B3c4ccc(-n5c6ccccc6c6ccccc65)cc4Oc4cc(-c5cc6c7c(c5)Oc5ccc(-c8ccccc8)cc5B7c5ccc(-c7ccccc7)cc5O6)cc2c43)c(-c2ccccc2)c1. The maximum atomic E-state index is 7.69. The number of aromatic nitrogens is 2. The molecule has 0 atom stereocenters. The molecule has 14 aromatic carbocycles. The fourth-order valence-electron chi connectivity index (χ4n) is 16.2. The summed E-state index contributed by atoms with van der Waals surface area (Å²) >= 11 is 0. The molecule has 0 saturated heterocycles. The van der Waals surface area contributed by atoms with Crippen molar-refractivity contribution < 1.29 is 14.2 Å². The number of benzene rings is 14. The molecule has 0 radical (unpaired) electrons. The first-order chi connectivity index (χ1) is 47.2. The molecule has 96 heavy (non-hydrogen) atoms. The predicted molar refractivity (Wildman–Crippen MR) is 399 cm³/mol. The van der Waals surface area contributed by atoms with Crippen molar-refractivity contribution >= 4 is 107 Å². The lowest BCUT2D eigenvalue weighted by molar-refractivity contribution is 0.465. The minimum absolute atomic E-state index is 0.129. The Hall–Kier alpha value is -12.0. The Kier molecular flexibility index (Phi) is 11.8. The molecule has 450 valence electrons. The zero-order valence-corrected chi connectivity index (χ0v) is 53.1. The number of fused-ring (bicyclic) bond motifs is 14. The summed E-state index contributed by atoms with van der Waals surface area (Å²) in [7, 11) is 0. The fourth-order valence-corrected chi connectivity index (χ4v) is 16.2. The Morgan fingerprint density at radius 3 is 1.28 bits per heavy atom. The van der Waals surface area contributed by atoms with E-state index in [2.05, 4.69) is 338 Å². The van der Waals surface area contributed by atoms with E-state index in [0.29, 0.717) is 0 Å². The van der Waals surface area contributed by atoms with Gasteiger partial charge in [-0.05, 0) is 168 Å². The highest BCUT2D eigenvalue weighted by Crippen LogP contribution is 2.50. The second-order valence-corrected chi connectivity index (χ2v) is 27.1. The maximum absolute atomic E-state index is 7.69. The Morgan fingerprint density at radius 2 is 0.708 bits per heavy atom. The van der Waals surface area contributed by atoms with Crippen molar-refractivity contribution in [3.8, 4) is 90.4 Å². The molecule has 0 spiro atoms. The molecule has 0 N–H and O–H groups in total. The minimum Gasteiger partial charge on any atom is -0.458 e. The van der Waals surface area contributed by atoms with Crippen LogP contribution in [0.5, 0.6) is 34.5 Å². The van der Waals surface area contributed by atoms with Gasteiger partial charge < -0.3 is 28.2 Å². The topological polar surface area (TPSA) is 40.8 Å². The third-order valence-corrected chi connectivity index (χ3v) is 20.6. The largest absolute Gasteiger partial charge is 0.458 e. The van der Waals surface area contributed by atoms with Crippen LogP contribution in [-0.2, 0) is 5.41 Å². The average Bonchev–Trinajstić information content (AvgIpc) is 0.898. The number of hydrogen-bond donors (Lipinski definition) is 0. The van der Waals surface area contributed by atoms with Crippen LogP contribution >= 0.6 is 0 Å². The molecule has 0 fully saturated rings. The average molecular weight is 1230 g/mol. The summed E-state index contributed by atoms with van der Waals surface area (Å²) in [5.41, 5.74) is 26.3. The van der Waals surface area contributed by atoms with Gasteiger partial charge in [0.2, 0.25) is 0 Å². The second-order valence-electron chi connectivity index (χ2n) is 27.1. The van der Waals surface area contributed by atoms with E-state index in [1.165, 1.54) is 32.6 Å². The number of hydrogen-bond acceptors (Lipinski definition) is 4. The van der Waals surface area contributed by atoms with Crippen molar-refractivity contribution in [1.29, 1.82) is 0 Å². The van der Waals surface area contributed by atoms with Gasteiger partial charge in [0, 0.05) is 61.4 Å². The lowest BCUT2D eigenvalue weighted by Crippen LogP contribution is -2.59. The van der Waals surface area contributed by atoms with Crippen molar-refractivity contribution in [2.75, 3.05) is 4.90 Å². The number of ether oxygens (including phenoxy) is 3. The predicted octanol–water partition coefficient (Wildman–Crippen LogP) is 19.0. The van der Waals surface area contributed by atoms with Crippen molar-refractivity contribution in [3.05, 3.63) is 309 Å². The standard InChI is InChI=1S/C88H59B2N3O3/c1-88(2,3)61-37-43-77(68(51-61)56-25-11-6-12-26-56)93-78-52-62(91-73-31-17-13-27-64(73)65-28-14-18-32-74(65)91)38-41-69(78)89-71-42-39-63(92-75-33-19-15-29-66(75)67-30-16-20-34-76(67)92)53-82(71)96-83-48-59(46-79(93)86(83)89)60-49-84-87-85(50-60)95-81-47-58(55-23-9-5-10-24-55)35-40-70(81)90(87)72-45-57(36-44-80(72)94-84)54-21-7-4-8-22-54/h4-53H,1-3H3. The van der Waals surface area contributed by atoms with Gasteiger partial charge in [-0.3, -0.25) is 0 Å². The molecule has 0 unspecified atom stereocenters. The molecule has 0 amide bonds. The summed E-state index contributed by atoms with van der Waals surface area (Å²) < 4.78 is 27.1. The Morgan fingerprint density at radius 1 is 0.271 bits per heavy atom. The fraction of sp³-hybridized carbons (Fsp3) is 0.0455. The number of rotatable bonds is 7. The molecular formula is C88H59B2N3O3. The van der Waals surface area contributed by atoms with Crippen molar-refractivity contribution in [3.63, 3.8) is 0 Å². The zero-order chi connectivity index (χ0) is 63.5. The first kappa shape index (κ1) is 54.6. The van der Waals surface area contributed by atoms with Crippen LogP contribution in [0, 0.1) is 0 Å². The molecule has 8 heteroatoms. The Bertz CT molecular complexity index is 5840. The normalized spacial score (nSPS) is 13.1. The summed E-state index contributed by atoms with van der Waals surface area (Å²) in [5.74, 6) is 4.77. The molecule has 6 heterocycles. The second kappa shape index (κ2) is 20.8. The lowest BCUT2D eigenvalue weighted by Gasteiger charge is -2.41. The monoisotopic (exact) mass is 1230 g/mol. The van der Waals surface area contributed by atoms with Crippen LogP contribution in [-0.4, -0.2) is 22.6 Å². The molecule has 16 aromatic rings. The molecule has 4 aliphatic heterocycles. The van der Waals surface area contributed by atoms with Crippen molar-refractivity contribution in [2.45, 2.75) is 26.2 Å². The minimum atomic E-state index is -0.225. The maximum Gasteiger partial charge on any atom is 0.260 e. The molecule has 0 bridgehead atoms. The van der Waals surface area contributed by atoms with Gasteiger partial charge in [0.1, 0.15) is 34.5 Å². The van der Waals surface area contributed by atoms with Crippen LogP contribution in [0.2, 0.25) is 0 Å². The summed E-state index contributed by atoms with van der Waals surface area (Å²) in [6, 6.07) is 111. The van der Waals surface area contributed by atoms with Crippen LogP contribution < -0.4 is 51.9 Å². The van der Waals surface area contributed by atoms with Gasteiger partial charge in [-0.15, -0.1) is 0 Å². The van der Waals surface area contributed by atoms with Crippen LogP contribution in [0.1, 0.15) is 26.3 Å². The van der Waals surface area contributed by atoms with Gasteiger partial charge in [-0.25, -0.2) is 0 Å². The highest BCUT2D eigenvalue weighted by atomic mass is 16.5. The van der Waals surface area contributed by atoms with E-state index >= 15 is 0 Å². The van der Waals surface area contributed by atoms with Crippen LogP contribution in [0.25, 0.3) is 99.5 Å². The van der Waals surface area contributed by atoms with Crippen molar-refractivity contribution in [1.82, 2.24) is 9.13 Å². The number of para-hydroxylation sites is 4. The molecular weight excluding hydrogens is 1170 g/mol. The third kappa shape index (κ3) is 8.28. The zero-order valence-electron chi connectivity index (χ0n) is 53.1. The van der Waals surface area contributed by atoms with Crippen LogP contribution in [0.3, 0.4) is 0 Å². The van der Waals surface area contributed by atoms with E-state index in [4.69, 9.17) is 14.2 Å². The Labute approximate surface area is 557 Å². The lowest BCUT2D eigenvalue weighted by atomic mass is 9.34. The molecule has 4 aliphatic rings.